The third-order valence-electron chi connectivity index (χ3n) is 3.46. The van der Waals surface area contributed by atoms with Gasteiger partial charge in [-0.25, -0.2) is 9.97 Å². The minimum atomic E-state index is 0.127. The molecular formula is C17H16N2OS2. The Hall–Kier alpha value is -1.72. The molecule has 0 saturated heterocycles. The molecule has 0 aliphatic carbocycles. The van der Waals surface area contributed by atoms with Gasteiger partial charge in [-0.15, -0.1) is 11.3 Å². The van der Waals surface area contributed by atoms with Crippen LogP contribution in [0.1, 0.15) is 35.7 Å². The van der Waals surface area contributed by atoms with Crippen LogP contribution in [0.2, 0.25) is 0 Å². The Labute approximate surface area is 137 Å². The molecule has 0 unspecified atom stereocenters. The summed E-state index contributed by atoms with van der Waals surface area (Å²) in [5.41, 5.74) is 2.01. The highest BCUT2D eigenvalue weighted by atomic mass is 32.2. The molecule has 3 rings (SSSR count). The van der Waals surface area contributed by atoms with Crippen molar-refractivity contribution in [1.29, 1.82) is 0 Å². The van der Waals surface area contributed by atoms with Crippen LogP contribution in [0.4, 0.5) is 0 Å². The van der Waals surface area contributed by atoms with Crippen LogP contribution >= 0.6 is 23.1 Å². The molecule has 0 N–H and O–H groups in total. The molecule has 3 aromatic rings. The number of carbonyl (C=O) groups is 1. The van der Waals surface area contributed by atoms with Crippen molar-refractivity contribution in [1.82, 2.24) is 9.97 Å². The summed E-state index contributed by atoms with van der Waals surface area (Å²) in [6.45, 7) is 4.29. The van der Waals surface area contributed by atoms with Gasteiger partial charge < -0.3 is 0 Å². The number of hydrogen-bond donors (Lipinski definition) is 0. The molecule has 0 bridgehead atoms. The largest absolute Gasteiger partial charge is 0.293 e. The predicted octanol–water partition coefficient (Wildman–Crippen LogP) is 4.79. The van der Waals surface area contributed by atoms with E-state index in [9.17, 15) is 4.79 Å². The van der Waals surface area contributed by atoms with E-state index in [1.54, 1.807) is 17.7 Å². The maximum atomic E-state index is 12.3. The highest BCUT2D eigenvalue weighted by Crippen LogP contribution is 2.28. The highest BCUT2D eigenvalue weighted by Gasteiger charge is 2.11. The Morgan fingerprint density at radius 2 is 1.95 bits per heavy atom. The van der Waals surface area contributed by atoms with Crippen molar-refractivity contribution in [2.24, 2.45) is 0 Å². The molecular weight excluding hydrogens is 312 g/mol. The van der Waals surface area contributed by atoms with Gasteiger partial charge in [0.25, 0.3) is 0 Å². The zero-order valence-electron chi connectivity index (χ0n) is 12.4. The zero-order chi connectivity index (χ0) is 15.5. The smallest absolute Gasteiger partial charge is 0.173 e. The molecule has 112 valence electrons. The molecule has 3 nitrogen and oxygen atoms in total. The Kier molecular flexibility index (Phi) is 4.55. The van der Waals surface area contributed by atoms with Crippen molar-refractivity contribution >= 4 is 39.1 Å². The van der Waals surface area contributed by atoms with Crippen LogP contribution in [-0.2, 0) is 0 Å². The minimum Gasteiger partial charge on any atom is -0.293 e. The van der Waals surface area contributed by atoms with E-state index in [1.165, 1.54) is 17.3 Å². The lowest BCUT2D eigenvalue weighted by atomic mass is 10.0. The molecule has 2 heterocycles. The quantitative estimate of drug-likeness (QED) is 0.384. The van der Waals surface area contributed by atoms with Crippen LogP contribution < -0.4 is 0 Å². The van der Waals surface area contributed by atoms with Crippen LogP contribution in [0.3, 0.4) is 0 Å². The van der Waals surface area contributed by atoms with Crippen LogP contribution in [0.25, 0.3) is 10.2 Å². The summed E-state index contributed by atoms with van der Waals surface area (Å²) in [6, 6.07) is 9.90. The second kappa shape index (κ2) is 6.58. The first kappa shape index (κ1) is 15.2. The monoisotopic (exact) mass is 328 g/mol. The van der Waals surface area contributed by atoms with Gasteiger partial charge in [0.05, 0.1) is 5.75 Å². The second-order valence-electron chi connectivity index (χ2n) is 5.31. The number of aromatic nitrogens is 2. The number of thiophene rings is 1. The third-order valence-corrected chi connectivity index (χ3v) is 5.29. The third kappa shape index (κ3) is 3.20. The number of rotatable bonds is 5. The molecule has 0 atom stereocenters. The molecule has 0 saturated carbocycles. The van der Waals surface area contributed by atoms with E-state index in [0.717, 1.165) is 20.8 Å². The fraction of sp³-hybridized carbons (Fsp3) is 0.235. The van der Waals surface area contributed by atoms with Crippen molar-refractivity contribution in [3.63, 3.8) is 0 Å². The first-order chi connectivity index (χ1) is 10.6. The predicted molar refractivity (Wildman–Crippen MR) is 93.0 cm³/mol. The lowest BCUT2D eigenvalue weighted by Crippen LogP contribution is -2.03. The van der Waals surface area contributed by atoms with Crippen molar-refractivity contribution in [2.75, 3.05) is 5.75 Å². The summed E-state index contributed by atoms with van der Waals surface area (Å²) in [5.74, 6) is 0.997. The number of benzene rings is 1. The van der Waals surface area contributed by atoms with E-state index >= 15 is 0 Å². The maximum Gasteiger partial charge on any atom is 0.173 e. The summed E-state index contributed by atoms with van der Waals surface area (Å²) in [4.78, 5) is 21.8. The topological polar surface area (TPSA) is 42.9 Å². The fourth-order valence-corrected chi connectivity index (χ4v) is 3.83. The van der Waals surface area contributed by atoms with Crippen molar-refractivity contribution < 1.29 is 4.79 Å². The van der Waals surface area contributed by atoms with Gasteiger partial charge >= 0.3 is 0 Å². The Balaban J connectivity index is 1.71. The van der Waals surface area contributed by atoms with Gasteiger partial charge in [-0.1, -0.05) is 49.9 Å². The van der Waals surface area contributed by atoms with Gasteiger partial charge in [0, 0.05) is 10.9 Å². The molecule has 2 aromatic heterocycles. The SMILES string of the molecule is CC(C)c1ccc(C(=O)CSc2ncnc3sccc23)cc1. The molecule has 0 spiro atoms. The molecule has 22 heavy (non-hydrogen) atoms. The van der Waals surface area contributed by atoms with Gasteiger partial charge in [0.2, 0.25) is 0 Å². The van der Waals surface area contributed by atoms with Crippen molar-refractivity contribution in [3.05, 3.63) is 53.2 Å². The average Bonchev–Trinajstić information content (AvgIpc) is 3.01. The maximum absolute atomic E-state index is 12.3. The van der Waals surface area contributed by atoms with Crippen molar-refractivity contribution in [3.8, 4) is 0 Å². The number of fused-ring (bicyclic) bond motifs is 1. The number of ketones is 1. The Bertz CT molecular complexity index is 794. The summed E-state index contributed by atoms with van der Waals surface area (Å²) >= 11 is 3.06. The van der Waals surface area contributed by atoms with Gasteiger partial charge in [0.15, 0.2) is 5.78 Å². The lowest BCUT2D eigenvalue weighted by Gasteiger charge is -2.06. The normalized spacial score (nSPS) is 11.2. The summed E-state index contributed by atoms with van der Waals surface area (Å²) in [7, 11) is 0. The lowest BCUT2D eigenvalue weighted by molar-refractivity contribution is 0.102. The van der Waals surface area contributed by atoms with Crippen LogP contribution in [0.15, 0.2) is 47.1 Å². The van der Waals surface area contributed by atoms with E-state index in [-0.39, 0.29) is 5.78 Å². The van der Waals surface area contributed by atoms with Gasteiger partial charge in [-0.2, -0.15) is 0 Å². The van der Waals surface area contributed by atoms with E-state index in [1.807, 2.05) is 35.7 Å². The first-order valence-corrected chi connectivity index (χ1v) is 8.96. The number of thioether (sulfide) groups is 1. The van der Waals surface area contributed by atoms with Crippen LogP contribution in [0.5, 0.6) is 0 Å². The molecule has 0 fully saturated rings. The number of Topliss-reactive ketones (excluding diaryl/α,β-unsaturated/α-hetero) is 1. The average molecular weight is 328 g/mol. The second-order valence-corrected chi connectivity index (χ2v) is 7.17. The summed E-state index contributed by atoms with van der Waals surface area (Å²) < 4.78 is 0. The number of nitrogens with zero attached hydrogens (tertiary/aromatic N) is 2. The molecule has 0 aliphatic heterocycles. The number of carbonyl (C=O) groups excluding carboxylic acids is 1. The van der Waals surface area contributed by atoms with E-state index in [2.05, 4.69) is 23.8 Å². The Morgan fingerprint density at radius 3 is 2.68 bits per heavy atom. The van der Waals surface area contributed by atoms with Gasteiger partial charge in [-0.3, -0.25) is 4.79 Å². The van der Waals surface area contributed by atoms with Gasteiger partial charge in [-0.05, 0) is 22.9 Å². The van der Waals surface area contributed by atoms with E-state index in [4.69, 9.17) is 0 Å². The van der Waals surface area contributed by atoms with Gasteiger partial charge in [0.1, 0.15) is 16.2 Å². The fourth-order valence-electron chi connectivity index (χ4n) is 2.15. The summed E-state index contributed by atoms with van der Waals surface area (Å²) in [6.07, 6.45) is 1.56. The number of hydrogen-bond acceptors (Lipinski definition) is 5. The van der Waals surface area contributed by atoms with Crippen molar-refractivity contribution in [2.45, 2.75) is 24.8 Å². The molecule has 5 heteroatoms. The Morgan fingerprint density at radius 1 is 1.18 bits per heavy atom. The summed E-state index contributed by atoms with van der Waals surface area (Å²) in [5, 5.41) is 3.90. The molecule has 0 aliphatic rings. The highest BCUT2D eigenvalue weighted by molar-refractivity contribution is 8.00. The van der Waals surface area contributed by atoms with Crippen LogP contribution in [-0.4, -0.2) is 21.5 Å². The standard InChI is InChI=1S/C17H16N2OS2/c1-11(2)12-3-5-13(6-4-12)15(20)9-22-17-14-7-8-21-16(14)18-10-19-17/h3-8,10-11H,9H2,1-2H3. The molecule has 0 radical (unpaired) electrons. The van der Waals surface area contributed by atoms with E-state index < -0.39 is 0 Å². The minimum absolute atomic E-state index is 0.127. The first-order valence-electron chi connectivity index (χ1n) is 7.09. The molecule has 0 amide bonds. The molecule has 1 aromatic carbocycles. The van der Waals surface area contributed by atoms with Crippen LogP contribution in [0, 0.1) is 0 Å². The zero-order valence-corrected chi connectivity index (χ0v) is 14.1. The van der Waals surface area contributed by atoms with E-state index in [0.29, 0.717) is 11.7 Å².